The predicted molar refractivity (Wildman–Crippen MR) is 86.0 cm³/mol. The highest BCUT2D eigenvalue weighted by molar-refractivity contribution is 5.78. The summed E-state index contributed by atoms with van der Waals surface area (Å²) in [7, 11) is 1.86. The van der Waals surface area contributed by atoms with Gasteiger partial charge in [0.1, 0.15) is 6.61 Å². The van der Waals surface area contributed by atoms with Crippen LogP contribution in [0.1, 0.15) is 13.8 Å². The quantitative estimate of drug-likeness (QED) is 0.800. The molecule has 128 valence electrons. The molecule has 1 saturated heterocycles. The number of hydrogen-bond acceptors (Lipinski definition) is 4. The van der Waals surface area contributed by atoms with Crippen molar-refractivity contribution in [1.29, 1.82) is 0 Å². The second-order valence-electron chi connectivity index (χ2n) is 6.07. The summed E-state index contributed by atoms with van der Waals surface area (Å²) in [5.74, 6) is -0.0500. The Morgan fingerprint density at radius 2 is 2.00 bits per heavy atom. The Balaban J connectivity index is 1.73. The molecule has 1 aromatic carbocycles. The Bertz CT molecular complexity index is 516. The van der Waals surface area contributed by atoms with E-state index in [0.29, 0.717) is 32.8 Å². The molecule has 5 nitrogen and oxygen atoms in total. The van der Waals surface area contributed by atoms with E-state index < -0.39 is 0 Å². The fraction of sp³-hybridized carbons (Fsp3) is 0.588. The lowest BCUT2D eigenvalue weighted by atomic mass is 10.2. The van der Waals surface area contributed by atoms with Gasteiger partial charge in [-0.2, -0.15) is 0 Å². The molecular weight excluding hydrogens is 299 g/mol. The number of amides is 1. The summed E-state index contributed by atoms with van der Waals surface area (Å²) in [5, 5.41) is 0. The van der Waals surface area contributed by atoms with Crippen molar-refractivity contribution in [2.45, 2.75) is 26.1 Å². The number of hydrogen-bond donors (Lipinski definition) is 0. The van der Waals surface area contributed by atoms with Crippen molar-refractivity contribution >= 4 is 5.91 Å². The van der Waals surface area contributed by atoms with Crippen LogP contribution in [0.3, 0.4) is 0 Å². The Labute approximate surface area is 137 Å². The average molecular weight is 324 g/mol. The van der Waals surface area contributed by atoms with Gasteiger partial charge < -0.3 is 14.4 Å². The van der Waals surface area contributed by atoms with Crippen molar-refractivity contribution in [2.75, 3.05) is 39.8 Å². The highest BCUT2D eigenvalue weighted by Gasteiger charge is 2.26. The van der Waals surface area contributed by atoms with Crippen molar-refractivity contribution < 1.29 is 18.7 Å². The fourth-order valence-electron chi connectivity index (χ4n) is 2.66. The largest absolute Gasteiger partial charge is 0.489 e. The number of ether oxygens (including phenoxy) is 2. The molecular formula is C17H25FN2O3. The minimum absolute atomic E-state index is 0.0670. The Hall–Kier alpha value is -1.66. The van der Waals surface area contributed by atoms with Gasteiger partial charge >= 0.3 is 0 Å². The van der Waals surface area contributed by atoms with Crippen LogP contribution in [0.5, 0.6) is 5.75 Å². The lowest BCUT2D eigenvalue weighted by Gasteiger charge is -2.36. The van der Waals surface area contributed by atoms with E-state index in [4.69, 9.17) is 9.47 Å². The zero-order valence-electron chi connectivity index (χ0n) is 14.0. The first-order valence-corrected chi connectivity index (χ1v) is 7.95. The molecule has 1 aromatic rings. The van der Waals surface area contributed by atoms with Gasteiger partial charge in [0.05, 0.1) is 18.8 Å². The second-order valence-corrected chi connectivity index (χ2v) is 6.07. The van der Waals surface area contributed by atoms with Crippen LogP contribution < -0.4 is 4.74 Å². The number of benzene rings is 1. The van der Waals surface area contributed by atoms with Gasteiger partial charge in [-0.3, -0.25) is 9.69 Å². The highest BCUT2D eigenvalue weighted by Crippen LogP contribution is 2.15. The monoisotopic (exact) mass is 324 g/mol. The molecule has 1 heterocycles. The highest BCUT2D eigenvalue weighted by atomic mass is 19.1. The molecule has 1 fully saturated rings. The Kier molecular flexibility index (Phi) is 6.36. The molecule has 0 aromatic heterocycles. The summed E-state index contributed by atoms with van der Waals surface area (Å²) in [6.07, 6.45) is 0.134. The first-order chi connectivity index (χ1) is 11.0. The van der Waals surface area contributed by atoms with Crippen LogP contribution in [0, 0.1) is 5.82 Å². The molecule has 23 heavy (non-hydrogen) atoms. The molecule has 2 unspecified atom stereocenters. The van der Waals surface area contributed by atoms with Crippen LogP contribution in [-0.2, 0) is 9.53 Å². The summed E-state index contributed by atoms with van der Waals surface area (Å²) in [4.78, 5) is 16.0. The smallest absolute Gasteiger partial charge is 0.236 e. The molecule has 0 aliphatic carbocycles. The van der Waals surface area contributed by atoms with Gasteiger partial charge in [-0.25, -0.2) is 4.39 Å². The molecule has 0 saturated carbocycles. The van der Waals surface area contributed by atoms with E-state index in [1.807, 2.05) is 30.7 Å². The van der Waals surface area contributed by atoms with E-state index in [-0.39, 0.29) is 29.7 Å². The minimum Gasteiger partial charge on any atom is -0.489 e. The fourth-order valence-corrected chi connectivity index (χ4v) is 2.66. The van der Waals surface area contributed by atoms with Gasteiger partial charge in [0.15, 0.2) is 11.6 Å². The number of morpholine rings is 1. The Morgan fingerprint density at radius 1 is 1.35 bits per heavy atom. The number of nitrogens with zero attached hydrogens (tertiary/aromatic N) is 2. The van der Waals surface area contributed by atoms with Gasteiger partial charge in [-0.15, -0.1) is 0 Å². The molecule has 2 rings (SSSR count). The van der Waals surface area contributed by atoms with E-state index >= 15 is 0 Å². The number of rotatable bonds is 6. The lowest BCUT2D eigenvalue weighted by Crippen LogP contribution is -2.50. The third-order valence-electron chi connectivity index (χ3n) is 3.74. The minimum atomic E-state index is -0.373. The van der Waals surface area contributed by atoms with E-state index in [9.17, 15) is 9.18 Å². The molecule has 0 spiro atoms. The first-order valence-electron chi connectivity index (χ1n) is 7.95. The van der Waals surface area contributed by atoms with Crippen molar-refractivity contribution in [3.63, 3.8) is 0 Å². The molecule has 2 atom stereocenters. The van der Waals surface area contributed by atoms with E-state index in [0.717, 1.165) is 0 Å². The standard InChI is InChI=1S/C17H25FN2O3/c1-13-10-20(11-14(2)23-13)17(21)12-19(3)8-9-22-16-7-5-4-6-15(16)18/h4-7,13-14H,8-12H2,1-3H3. The molecule has 0 N–H and O–H groups in total. The van der Waals surface area contributed by atoms with Crippen LogP contribution >= 0.6 is 0 Å². The van der Waals surface area contributed by atoms with Gasteiger partial charge in [-0.05, 0) is 33.0 Å². The summed E-state index contributed by atoms with van der Waals surface area (Å²) in [5.41, 5.74) is 0. The summed E-state index contributed by atoms with van der Waals surface area (Å²) in [6.45, 7) is 6.41. The molecule has 0 bridgehead atoms. The van der Waals surface area contributed by atoms with Crippen LogP contribution in [0.4, 0.5) is 4.39 Å². The molecule has 1 aliphatic heterocycles. The van der Waals surface area contributed by atoms with E-state index in [1.165, 1.54) is 6.07 Å². The Morgan fingerprint density at radius 3 is 2.65 bits per heavy atom. The number of halogens is 1. The summed E-state index contributed by atoms with van der Waals surface area (Å²) < 4.78 is 24.5. The van der Waals surface area contributed by atoms with Crippen LogP contribution in [-0.4, -0.2) is 67.7 Å². The van der Waals surface area contributed by atoms with Crippen LogP contribution in [0.2, 0.25) is 0 Å². The molecule has 1 aliphatic rings. The lowest BCUT2D eigenvalue weighted by molar-refractivity contribution is -0.144. The van der Waals surface area contributed by atoms with E-state index in [1.54, 1.807) is 18.2 Å². The second kappa shape index (κ2) is 8.26. The number of para-hydroxylation sites is 1. The summed E-state index contributed by atoms with van der Waals surface area (Å²) in [6, 6.07) is 6.31. The van der Waals surface area contributed by atoms with Crippen LogP contribution in [0.15, 0.2) is 24.3 Å². The van der Waals surface area contributed by atoms with Gasteiger partial charge in [0.2, 0.25) is 5.91 Å². The maximum Gasteiger partial charge on any atom is 0.236 e. The van der Waals surface area contributed by atoms with Crippen molar-refractivity contribution in [3.8, 4) is 5.75 Å². The SMILES string of the molecule is CC1CN(C(=O)CN(C)CCOc2ccccc2F)CC(C)O1. The van der Waals surface area contributed by atoms with Gasteiger partial charge in [0.25, 0.3) is 0 Å². The van der Waals surface area contributed by atoms with Gasteiger partial charge in [-0.1, -0.05) is 12.1 Å². The van der Waals surface area contributed by atoms with Crippen molar-refractivity contribution in [1.82, 2.24) is 9.80 Å². The van der Waals surface area contributed by atoms with Crippen molar-refractivity contribution in [3.05, 3.63) is 30.1 Å². The third kappa shape index (κ3) is 5.48. The number of likely N-dealkylation sites (N-methyl/N-ethyl adjacent to an activating group) is 1. The zero-order chi connectivity index (χ0) is 16.8. The molecule has 6 heteroatoms. The number of carbonyl (C=O) groups excluding carboxylic acids is 1. The van der Waals surface area contributed by atoms with Crippen molar-refractivity contribution in [2.24, 2.45) is 0 Å². The number of carbonyl (C=O) groups is 1. The van der Waals surface area contributed by atoms with Gasteiger partial charge in [0, 0.05) is 19.6 Å². The average Bonchev–Trinajstić information content (AvgIpc) is 2.48. The topological polar surface area (TPSA) is 42.0 Å². The normalized spacial score (nSPS) is 21.5. The molecule has 1 amide bonds. The molecule has 0 radical (unpaired) electrons. The first kappa shape index (κ1) is 17.7. The summed E-state index contributed by atoms with van der Waals surface area (Å²) >= 11 is 0. The van der Waals surface area contributed by atoms with Crippen LogP contribution in [0.25, 0.3) is 0 Å². The predicted octanol–water partition coefficient (Wildman–Crippen LogP) is 1.77. The maximum atomic E-state index is 13.4. The zero-order valence-corrected chi connectivity index (χ0v) is 14.0. The van der Waals surface area contributed by atoms with E-state index in [2.05, 4.69) is 0 Å². The third-order valence-corrected chi connectivity index (χ3v) is 3.74. The maximum absolute atomic E-state index is 13.4.